The molecule has 1 saturated heterocycles. The van der Waals surface area contributed by atoms with Crippen LogP contribution in [0.1, 0.15) is 17.3 Å². The molecule has 0 spiro atoms. The molecule has 0 bridgehead atoms. The minimum atomic E-state index is -4.36. The number of fused-ring (bicyclic) bond motifs is 1. The summed E-state index contributed by atoms with van der Waals surface area (Å²) in [6.07, 6.45) is -1.58. The second-order valence-electron chi connectivity index (χ2n) is 5.49. The summed E-state index contributed by atoms with van der Waals surface area (Å²) in [5, 5.41) is 8.32. The molecule has 5 nitrogen and oxygen atoms in total. The van der Waals surface area contributed by atoms with Crippen molar-refractivity contribution in [3.63, 3.8) is 0 Å². The van der Waals surface area contributed by atoms with Gasteiger partial charge in [0, 0.05) is 25.5 Å². The standard InChI is InChI=1S/C15H12F3N5/c16-15(17,18)11-4-5-12(19-7-11)22-8-10(9-22)14-21-20-13-3-1-2-6-23(13)14/h1-7,10H,8-9H2. The van der Waals surface area contributed by atoms with Gasteiger partial charge < -0.3 is 4.90 Å². The van der Waals surface area contributed by atoms with Crippen LogP contribution < -0.4 is 4.90 Å². The topological polar surface area (TPSA) is 46.3 Å². The summed E-state index contributed by atoms with van der Waals surface area (Å²) < 4.78 is 39.6. The van der Waals surface area contributed by atoms with Gasteiger partial charge in [-0.15, -0.1) is 10.2 Å². The highest BCUT2D eigenvalue weighted by molar-refractivity contribution is 5.46. The lowest BCUT2D eigenvalue weighted by Crippen LogP contribution is -2.46. The third-order valence-corrected chi connectivity index (χ3v) is 3.99. The van der Waals surface area contributed by atoms with E-state index in [-0.39, 0.29) is 5.92 Å². The normalized spacial score (nSPS) is 15.9. The van der Waals surface area contributed by atoms with Crippen LogP contribution in [0.5, 0.6) is 0 Å². The van der Waals surface area contributed by atoms with Crippen molar-refractivity contribution in [1.82, 2.24) is 19.6 Å². The van der Waals surface area contributed by atoms with Crippen molar-refractivity contribution >= 4 is 11.5 Å². The molecule has 3 aromatic rings. The van der Waals surface area contributed by atoms with Gasteiger partial charge in [-0.25, -0.2) is 4.98 Å². The number of hydrogen-bond donors (Lipinski definition) is 0. The zero-order valence-electron chi connectivity index (χ0n) is 11.9. The lowest BCUT2D eigenvalue weighted by Gasteiger charge is -2.39. The molecule has 0 atom stereocenters. The van der Waals surface area contributed by atoms with E-state index in [9.17, 15) is 13.2 Å². The van der Waals surface area contributed by atoms with Crippen LogP contribution >= 0.6 is 0 Å². The fourth-order valence-corrected chi connectivity index (χ4v) is 2.71. The summed E-state index contributed by atoms with van der Waals surface area (Å²) in [7, 11) is 0. The smallest absolute Gasteiger partial charge is 0.355 e. The van der Waals surface area contributed by atoms with E-state index < -0.39 is 11.7 Å². The third kappa shape index (κ3) is 2.39. The zero-order valence-corrected chi connectivity index (χ0v) is 11.9. The first-order valence-corrected chi connectivity index (χ1v) is 7.10. The van der Waals surface area contributed by atoms with E-state index in [4.69, 9.17) is 0 Å². The highest BCUT2D eigenvalue weighted by Crippen LogP contribution is 2.32. The zero-order chi connectivity index (χ0) is 16.0. The molecular weight excluding hydrogens is 307 g/mol. The fourth-order valence-electron chi connectivity index (χ4n) is 2.71. The van der Waals surface area contributed by atoms with Gasteiger partial charge in [0.05, 0.1) is 11.5 Å². The lowest BCUT2D eigenvalue weighted by atomic mass is 9.99. The predicted octanol–water partition coefficient (Wildman–Crippen LogP) is 2.75. The molecule has 0 aliphatic carbocycles. The molecule has 1 fully saturated rings. The Bertz CT molecular complexity index is 834. The Morgan fingerprint density at radius 3 is 2.57 bits per heavy atom. The monoisotopic (exact) mass is 319 g/mol. The minimum absolute atomic E-state index is 0.191. The highest BCUT2D eigenvalue weighted by Gasteiger charge is 2.34. The Kier molecular flexibility index (Phi) is 3.00. The molecule has 0 amide bonds. The molecule has 0 unspecified atom stereocenters. The Balaban J connectivity index is 1.49. The van der Waals surface area contributed by atoms with Crippen molar-refractivity contribution in [3.8, 4) is 0 Å². The average molecular weight is 319 g/mol. The van der Waals surface area contributed by atoms with Gasteiger partial charge in [-0.2, -0.15) is 13.2 Å². The van der Waals surface area contributed by atoms with Crippen LogP contribution in [0.4, 0.5) is 19.0 Å². The van der Waals surface area contributed by atoms with Gasteiger partial charge in [0.1, 0.15) is 11.6 Å². The maximum atomic E-state index is 12.5. The summed E-state index contributed by atoms with van der Waals surface area (Å²) in [4.78, 5) is 5.83. The lowest BCUT2D eigenvalue weighted by molar-refractivity contribution is -0.137. The van der Waals surface area contributed by atoms with Gasteiger partial charge in [-0.05, 0) is 24.3 Å². The summed E-state index contributed by atoms with van der Waals surface area (Å²) in [5.41, 5.74) is 0.0513. The predicted molar refractivity (Wildman–Crippen MR) is 77.2 cm³/mol. The van der Waals surface area contributed by atoms with Crippen LogP contribution in [0.15, 0.2) is 42.7 Å². The minimum Gasteiger partial charge on any atom is -0.355 e. The Labute approximate surface area is 129 Å². The molecule has 8 heteroatoms. The van der Waals surface area contributed by atoms with Crippen molar-refractivity contribution in [2.45, 2.75) is 12.1 Å². The van der Waals surface area contributed by atoms with Crippen LogP contribution in [0.25, 0.3) is 5.65 Å². The molecule has 0 aromatic carbocycles. The largest absolute Gasteiger partial charge is 0.417 e. The number of hydrogen-bond acceptors (Lipinski definition) is 4. The quantitative estimate of drug-likeness (QED) is 0.729. The van der Waals surface area contributed by atoms with E-state index in [1.54, 1.807) is 0 Å². The Hall–Kier alpha value is -2.64. The molecular formula is C15H12F3N5. The van der Waals surface area contributed by atoms with Gasteiger partial charge in [-0.1, -0.05) is 6.07 Å². The van der Waals surface area contributed by atoms with E-state index in [1.165, 1.54) is 6.07 Å². The molecule has 0 N–H and O–H groups in total. The van der Waals surface area contributed by atoms with Crippen molar-refractivity contribution in [2.24, 2.45) is 0 Å². The first-order valence-electron chi connectivity index (χ1n) is 7.10. The number of halogens is 3. The van der Waals surface area contributed by atoms with Gasteiger partial charge in [-0.3, -0.25) is 4.40 Å². The second kappa shape index (κ2) is 4.94. The highest BCUT2D eigenvalue weighted by atomic mass is 19.4. The number of nitrogens with zero attached hydrogens (tertiary/aromatic N) is 5. The summed E-state index contributed by atoms with van der Waals surface area (Å²) in [5.74, 6) is 1.60. The second-order valence-corrected chi connectivity index (χ2v) is 5.49. The van der Waals surface area contributed by atoms with Crippen LogP contribution in [0.3, 0.4) is 0 Å². The number of rotatable bonds is 2. The molecule has 118 valence electrons. The summed E-state index contributed by atoms with van der Waals surface area (Å²) in [6.45, 7) is 1.32. The fraction of sp³-hybridized carbons (Fsp3) is 0.267. The molecule has 4 heterocycles. The molecule has 1 aliphatic rings. The average Bonchev–Trinajstić information content (AvgIpc) is 2.90. The van der Waals surface area contributed by atoms with Gasteiger partial charge in [0.2, 0.25) is 0 Å². The summed E-state index contributed by atoms with van der Waals surface area (Å²) in [6, 6.07) is 8.15. The van der Waals surface area contributed by atoms with E-state index in [0.29, 0.717) is 18.9 Å². The number of pyridine rings is 2. The molecule has 0 saturated carbocycles. The van der Waals surface area contributed by atoms with Crippen molar-refractivity contribution < 1.29 is 13.2 Å². The first kappa shape index (κ1) is 14.0. The number of aromatic nitrogens is 4. The molecule has 3 aromatic heterocycles. The van der Waals surface area contributed by atoms with E-state index in [1.807, 2.05) is 33.7 Å². The van der Waals surface area contributed by atoms with Crippen molar-refractivity contribution in [1.29, 1.82) is 0 Å². The number of alkyl halides is 3. The van der Waals surface area contributed by atoms with Crippen molar-refractivity contribution in [3.05, 3.63) is 54.1 Å². The number of anilines is 1. The van der Waals surface area contributed by atoms with Crippen molar-refractivity contribution in [2.75, 3.05) is 18.0 Å². The van der Waals surface area contributed by atoms with Crippen LogP contribution in [0.2, 0.25) is 0 Å². The van der Waals surface area contributed by atoms with Gasteiger partial charge in [0.25, 0.3) is 0 Å². The van der Waals surface area contributed by atoms with E-state index in [2.05, 4.69) is 15.2 Å². The molecule has 23 heavy (non-hydrogen) atoms. The SMILES string of the molecule is FC(F)(F)c1ccc(N2CC(c3nnc4ccccn34)C2)nc1. The molecule has 4 rings (SSSR count). The first-order chi connectivity index (χ1) is 11.0. The Morgan fingerprint density at radius 1 is 1.04 bits per heavy atom. The summed E-state index contributed by atoms with van der Waals surface area (Å²) >= 11 is 0. The van der Waals surface area contributed by atoms with Gasteiger partial charge in [0.15, 0.2) is 5.65 Å². The Morgan fingerprint density at radius 2 is 1.87 bits per heavy atom. The molecule has 0 radical (unpaired) electrons. The maximum absolute atomic E-state index is 12.5. The van der Waals surface area contributed by atoms with Crippen LogP contribution in [-0.2, 0) is 6.18 Å². The third-order valence-electron chi connectivity index (χ3n) is 3.99. The maximum Gasteiger partial charge on any atom is 0.417 e. The van der Waals surface area contributed by atoms with E-state index in [0.717, 1.165) is 23.7 Å². The van der Waals surface area contributed by atoms with Crippen LogP contribution in [-0.4, -0.2) is 32.7 Å². The van der Waals surface area contributed by atoms with Gasteiger partial charge >= 0.3 is 6.18 Å². The van der Waals surface area contributed by atoms with E-state index >= 15 is 0 Å². The molecule has 1 aliphatic heterocycles. The van der Waals surface area contributed by atoms with Crippen LogP contribution in [0, 0.1) is 0 Å².